The van der Waals surface area contributed by atoms with E-state index < -0.39 is 23.8 Å². The molecule has 0 saturated carbocycles. The lowest BCUT2D eigenvalue weighted by Gasteiger charge is -2.27. The lowest BCUT2D eigenvalue weighted by atomic mass is 10.0. The van der Waals surface area contributed by atoms with Crippen molar-refractivity contribution >= 4 is 64.4 Å². The fourth-order valence-electron chi connectivity index (χ4n) is 3.90. The number of nitrogens with zero attached hydrogens (tertiary/aromatic N) is 1. The zero-order chi connectivity index (χ0) is 27.6. The molecule has 2 N–H and O–H groups in total. The maximum absolute atomic E-state index is 13.3. The van der Waals surface area contributed by atoms with Crippen LogP contribution in [0.5, 0.6) is 5.75 Å². The molecular weight excluding hydrogens is 529 g/mol. The topological polar surface area (TPSA) is 105 Å². The number of ether oxygens (including phenoxy) is 1. The summed E-state index contributed by atoms with van der Waals surface area (Å²) in [6, 6.07) is 14.1. The van der Waals surface area contributed by atoms with Gasteiger partial charge in [0.2, 0.25) is 0 Å². The second-order valence-electron chi connectivity index (χ2n) is 8.73. The number of anilines is 2. The van der Waals surface area contributed by atoms with Crippen LogP contribution in [-0.2, 0) is 14.4 Å². The molecule has 0 atom stereocenters. The van der Waals surface area contributed by atoms with Crippen LogP contribution in [0, 0.1) is 20.8 Å². The van der Waals surface area contributed by atoms with Gasteiger partial charge in [-0.2, -0.15) is 0 Å². The number of rotatable bonds is 6. The van der Waals surface area contributed by atoms with Crippen LogP contribution in [0.4, 0.5) is 16.2 Å². The van der Waals surface area contributed by atoms with Crippen molar-refractivity contribution in [2.45, 2.75) is 20.8 Å². The Balaban J connectivity index is 1.60. The lowest BCUT2D eigenvalue weighted by molar-refractivity contribution is -0.122. The molecule has 4 rings (SSSR count). The number of hydrogen-bond donors (Lipinski definition) is 2. The van der Waals surface area contributed by atoms with Gasteiger partial charge in [0.15, 0.2) is 6.61 Å². The number of amides is 5. The second kappa shape index (κ2) is 11.1. The van der Waals surface area contributed by atoms with Crippen LogP contribution in [-0.4, -0.2) is 30.4 Å². The molecule has 38 heavy (non-hydrogen) atoms. The minimum Gasteiger partial charge on any atom is -0.483 e. The molecule has 0 aliphatic carbocycles. The SMILES string of the molecule is Cc1ccc(NC(=O)COc2ccc(Cl)cc2/C=C2\C(=O)NC(=O)N(c3cc(Cl)ccc3C)C2=O)c(C)c1. The normalized spacial score (nSPS) is 14.5. The van der Waals surface area contributed by atoms with Gasteiger partial charge in [0.05, 0.1) is 5.69 Å². The highest BCUT2D eigenvalue weighted by molar-refractivity contribution is 6.40. The van der Waals surface area contributed by atoms with E-state index in [0.717, 1.165) is 16.0 Å². The van der Waals surface area contributed by atoms with Gasteiger partial charge in [-0.25, -0.2) is 9.69 Å². The van der Waals surface area contributed by atoms with Gasteiger partial charge in [0, 0.05) is 21.3 Å². The van der Waals surface area contributed by atoms with E-state index in [9.17, 15) is 19.2 Å². The predicted octanol–water partition coefficient (Wildman–Crippen LogP) is 5.60. The Morgan fingerprint density at radius 3 is 2.39 bits per heavy atom. The number of hydrogen-bond acceptors (Lipinski definition) is 5. The number of nitrogens with one attached hydrogen (secondary N) is 2. The third-order valence-corrected chi connectivity index (χ3v) is 6.27. The van der Waals surface area contributed by atoms with E-state index in [1.165, 1.54) is 24.3 Å². The number of imide groups is 2. The van der Waals surface area contributed by atoms with Crippen molar-refractivity contribution in [3.63, 3.8) is 0 Å². The van der Waals surface area contributed by atoms with Crippen LogP contribution in [0.2, 0.25) is 10.0 Å². The van der Waals surface area contributed by atoms with Crippen molar-refractivity contribution in [3.05, 3.63) is 92.5 Å². The van der Waals surface area contributed by atoms with Gasteiger partial charge in [-0.3, -0.25) is 19.7 Å². The quantitative estimate of drug-likeness (QED) is 0.306. The molecule has 0 spiro atoms. The second-order valence-corrected chi connectivity index (χ2v) is 9.60. The largest absolute Gasteiger partial charge is 0.483 e. The van der Waals surface area contributed by atoms with Gasteiger partial charge in [-0.15, -0.1) is 0 Å². The lowest BCUT2D eigenvalue weighted by Crippen LogP contribution is -2.54. The van der Waals surface area contributed by atoms with Gasteiger partial charge in [0.25, 0.3) is 17.7 Å². The standard InChI is InChI=1S/C28H23Cl2N3O5/c1-15-4-8-22(17(3)10-15)31-25(34)14-38-24-9-7-19(29)11-18(24)12-21-26(35)32-28(37)33(27(21)36)23-13-20(30)6-5-16(23)2/h4-13H,14H2,1-3H3,(H,31,34)(H,32,35,37)/b21-12+. The highest BCUT2D eigenvalue weighted by Gasteiger charge is 2.37. The fourth-order valence-corrected chi connectivity index (χ4v) is 4.25. The first-order chi connectivity index (χ1) is 18.0. The third-order valence-electron chi connectivity index (χ3n) is 5.80. The highest BCUT2D eigenvalue weighted by atomic mass is 35.5. The van der Waals surface area contributed by atoms with Gasteiger partial charge < -0.3 is 10.1 Å². The summed E-state index contributed by atoms with van der Waals surface area (Å²) in [5.41, 5.74) is 3.43. The van der Waals surface area contributed by atoms with Crippen molar-refractivity contribution in [1.29, 1.82) is 0 Å². The zero-order valence-electron chi connectivity index (χ0n) is 20.7. The first kappa shape index (κ1) is 26.9. The minimum atomic E-state index is -0.895. The van der Waals surface area contributed by atoms with Crippen molar-refractivity contribution in [2.24, 2.45) is 0 Å². The maximum atomic E-state index is 13.3. The van der Waals surface area contributed by atoms with Gasteiger partial charge >= 0.3 is 6.03 Å². The average molecular weight is 552 g/mol. The number of urea groups is 1. The molecule has 194 valence electrons. The van der Waals surface area contributed by atoms with E-state index >= 15 is 0 Å². The molecule has 10 heteroatoms. The van der Waals surface area contributed by atoms with Crippen LogP contribution in [0.1, 0.15) is 22.3 Å². The number of benzene rings is 3. The summed E-state index contributed by atoms with van der Waals surface area (Å²) in [6.07, 6.45) is 1.26. The molecule has 1 aliphatic heterocycles. The minimum absolute atomic E-state index is 0.209. The van der Waals surface area contributed by atoms with E-state index in [1.54, 1.807) is 25.1 Å². The molecule has 5 amide bonds. The number of carbonyl (C=O) groups excluding carboxylic acids is 4. The maximum Gasteiger partial charge on any atom is 0.335 e. The van der Waals surface area contributed by atoms with Crippen LogP contribution in [0.25, 0.3) is 6.08 Å². The molecule has 1 heterocycles. The van der Waals surface area contributed by atoms with Crippen LogP contribution < -0.4 is 20.3 Å². The molecule has 0 radical (unpaired) electrons. The van der Waals surface area contributed by atoms with E-state index in [0.29, 0.717) is 21.3 Å². The molecular formula is C28H23Cl2N3O5. The van der Waals surface area contributed by atoms with Crippen molar-refractivity contribution in [2.75, 3.05) is 16.8 Å². The summed E-state index contributed by atoms with van der Waals surface area (Å²) in [5.74, 6) is -1.91. The summed E-state index contributed by atoms with van der Waals surface area (Å²) in [4.78, 5) is 52.0. The van der Waals surface area contributed by atoms with Gasteiger partial charge in [-0.1, -0.05) is 47.0 Å². The molecule has 1 fully saturated rings. The Bertz CT molecular complexity index is 1520. The number of aryl methyl sites for hydroxylation is 3. The molecule has 1 saturated heterocycles. The Morgan fingerprint density at radius 1 is 0.947 bits per heavy atom. The van der Waals surface area contributed by atoms with E-state index in [4.69, 9.17) is 27.9 Å². The van der Waals surface area contributed by atoms with E-state index in [1.807, 2.05) is 32.0 Å². The number of halogens is 2. The third kappa shape index (κ3) is 5.88. The van der Waals surface area contributed by atoms with E-state index in [-0.39, 0.29) is 29.2 Å². The molecule has 1 aliphatic rings. The van der Waals surface area contributed by atoms with Crippen molar-refractivity contribution < 1.29 is 23.9 Å². The van der Waals surface area contributed by atoms with E-state index in [2.05, 4.69) is 10.6 Å². The monoisotopic (exact) mass is 551 g/mol. The summed E-state index contributed by atoms with van der Waals surface area (Å²) >= 11 is 12.2. The molecule has 3 aromatic rings. The molecule has 0 bridgehead atoms. The first-order valence-electron chi connectivity index (χ1n) is 11.5. The van der Waals surface area contributed by atoms with Crippen LogP contribution in [0.15, 0.2) is 60.2 Å². The summed E-state index contributed by atoms with van der Waals surface area (Å²) < 4.78 is 5.71. The average Bonchev–Trinajstić information content (AvgIpc) is 2.85. The summed E-state index contributed by atoms with van der Waals surface area (Å²) in [7, 11) is 0. The fraction of sp³-hybridized carbons (Fsp3) is 0.143. The number of carbonyl (C=O) groups is 4. The van der Waals surface area contributed by atoms with Crippen molar-refractivity contribution in [3.8, 4) is 5.75 Å². The van der Waals surface area contributed by atoms with Crippen molar-refractivity contribution in [1.82, 2.24) is 5.32 Å². The predicted molar refractivity (Wildman–Crippen MR) is 147 cm³/mol. The number of barbiturate groups is 1. The molecule has 3 aromatic carbocycles. The Morgan fingerprint density at radius 2 is 1.66 bits per heavy atom. The zero-order valence-corrected chi connectivity index (χ0v) is 22.2. The Hall–Kier alpha value is -4.14. The van der Waals surface area contributed by atoms with Gasteiger partial charge in [-0.05, 0) is 74.4 Å². The summed E-state index contributed by atoms with van der Waals surface area (Å²) in [6.45, 7) is 5.22. The highest BCUT2D eigenvalue weighted by Crippen LogP contribution is 2.30. The van der Waals surface area contributed by atoms with Crippen LogP contribution >= 0.6 is 23.2 Å². The molecule has 0 unspecified atom stereocenters. The summed E-state index contributed by atoms with van der Waals surface area (Å²) in [5, 5.41) is 5.60. The molecule has 8 nitrogen and oxygen atoms in total. The van der Waals surface area contributed by atoms with Crippen LogP contribution in [0.3, 0.4) is 0 Å². The van der Waals surface area contributed by atoms with Gasteiger partial charge in [0.1, 0.15) is 11.3 Å². The molecule has 0 aromatic heterocycles. The smallest absolute Gasteiger partial charge is 0.335 e. The first-order valence-corrected chi connectivity index (χ1v) is 12.3. The Labute approximate surface area is 229 Å². The Kier molecular flexibility index (Phi) is 7.85.